The number of rotatable bonds is 6. The second kappa shape index (κ2) is 10.1. The number of esters is 1. The third kappa shape index (κ3) is 4.67. The molecule has 9 nitrogen and oxygen atoms in total. The lowest BCUT2D eigenvalue weighted by Gasteiger charge is -2.35. The molecule has 4 rings (SSSR count). The van der Waals surface area contributed by atoms with Gasteiger partial charge in [0.15, 0.2) is 22.5 Å². The quantitative estimate of drug-likeness (QED) is 0.448. The van der Waals surface area contributed by atoms with E-state index in [0.717, 1.165) is 6.07 Å². The van der Waals surface area contributed by atoms with Gasteiger partial charge in [0.2, 0.25) is 0 Å². The van der Waals surface area contributed by atoms with Crippen LogP contribution in [0, 0.1) is 11.6 Å². The maximum atomic E-state index is 14.3. The number of benzene rings is 1. The summed E-state index contributed by atoms with van der Waals surface area (Å²) in [6.07, 6.45) is 1.56. The molecule has 2 N–H and O–H groups in total. The number of nitrogens with zero attached hydrogens (tertiary/aromatic N) is 3. The fraction of sp³-hybridized carbons (Fsp3) is 0.333. The Bertz CT molecular complexity index is 1170. The Morgan fingerprint density at radius 1 is 1.41 bits per heavy atom. The highest BCUT2D eigenvalue weighted by atomic mass is 35.5. The number of hydrogen-bond donors (Lipinski definition) is 2. The molecule has 34 heavy (non-hydrogen) atoms. The Labute approximate surface area is 201 Å². The second-order valence-corrected chi connectivity index (χ2v) is 8.66. The number of carbonyl (C=O) groups is 2. The predicted molar refractivity (Wildman–Crippen MR) is 119 cm³/mol. The summed E-state index contributed by atoms with van der Waals surface area (Å²) in [7, 11) is 1.17. The molecular formula is C21H19ClF2N4O5S. The molecule has 1 saturated heterocycles. The van der Waals surface area contributed by atoms with Gasteiger partial charge in [0.05, 0.1) is 30.9 Å². The van der Waals surface area contributed by atoms with Gasteiger partial charge in [0, 0.05) is 35.9 Å². The normalized spacial score (nSPS) is 21.1. The third-order valence-electron chi connectivity index (χ3n) is 5.41. The number of methoxy groups -OCH3 is 1. The van der Waals surface area contributed by atoms with Crippen molar-refractivity contribution in [1.29, 1.82) is 0 Å². The summed E-state index contributed by atoms with van der Waals surface area (Å²) in [4.78, 5) is 35.0. The van der Waals surface area contributed by atoms with Gasteiger partial charge >= 0.3 is 11.9 Å². The molecule has 0 saturated carbocycles. The van der Waals surface area contributed by atoms with Gasteiger partial charge in [-0.25, -0.2) is 18.6 Å². The van der Waals surface area contributed by atoms with Gasteiger partial charge in [0.1, 0.15) is 12.1 Å². The first-order chi connectivity index (χ1) is 16.3. The number of halogens is 3. The summed E-state index contributed by atoms with van der Waals surface area (Å²) in [6.45, 7) is 0.558. The van der Waals surface area contributed by atoms with Crippen molar-refractivity contribution in [1.82, 2.24) is 15.2 Å². The number of ether oxygens (including phenoxy) is 2. The van der Waals surface area contributed by atoms with Gasteiger partial charge in [-0.3, -0.25) is 14.7 Å². The van der Waals surface area contributed by atoms with E-state index in [9.17, 15) is 23.5 Å². The molecule has 1 aromatic carbocycles. The number of thiazole rings is 1. The van der Waals surface area contributed by atoms with Crippen molar-refractivity contribution in [3.05, 3.63) is 62.2 Å². The molecule has 2 aromatic rings. The highest BCUT2D eigenvalue weighted by Gasteiger charge is 2.37. The number of carboxylic acid groups (broad SMARTS) is 1. The van der Waals surface area contributed by atoms with E-state index in [0.29, 0.717) is 11.6 Å². The molecule has 0 spiro atoms. The highest BCUT2D eigenvalue weighted by molar-refractivity contribution is 7.11. The van der Waals surface area contributed by atoms with Crippen LogP contribution < -0.4 is 5.32 Å². The van der Waals surface area contributed by atoms with Crippen LogP contribution in [0.2, 0.25) is 5.02 Å². The minimum absolute atomic E-state index is 0.00699. The van der Waals surface area contributed by atoms with E-state index in [2.05, 4.69) is 15.3 Å². The van der Waals surface area contributed by atoms with Crippen LogP contribution in [-0.4, -0.2) is 72.2 Å². The SMILES string of the molecule is COC(=O)C1=C(CN2CCOC[C@H]2C(=O)O)NC(c2nccs2)=N[C@H]1c1ccc(F)c(F)c1Cl. The van der Waals surface area contributed by atoms with E-state index in [-0.39, 0.29) is 42.4 Å². The monoisotopic (exact) mass is 512 g/mol. The maximum Gasteiger partial charge on any atom is 0.338 e. The molecule has 0 aliphatic carbocycles. The average molecular weight is 513 g/mol. The molecule has 2 aliphatic heterocycles. The number of carbonyl (C=O) groups excluding carboxylic acids is 1. The topological polar surface area (TPSA) is 113 Å². The number of nitrogens with one attached hydrogen (secondary N) is 1. The van der Waals surface area contributed by atoms with E-state index >= 15 is 0 Å². The molecule has 13 heteroatoms. The van der Waals surface area contributed by atoms with Crippen LogP contribution in [0.25, 0.3) is 0 Å². The zero-order chi connectivity index (χ0) is 24.4. The van der Waals surface area contributed by atoms with Crippen LogP contribution in [-0.2, 0) is 19.1 Å². The number of amidine groups is 1. The number of aliphatic imine (C=N–C) groups is 1. The van der Waals surface area contributed by atoms with Gasteiger partial charge in [-0.15, -0.1) is 11.3 Å². The summed E-state index contributed by atoms with van der Waals surface area (Å²) >= 11 is 7.39. The van der Waals surface area contributed by atoms with Crippen LogP contribution in [0.1, 0.15) is 16.6 Å². The number of hydrogen-bond acceptors (Lipinski definition) is 9. The summed E-state index contributed by atoms with van der Waals surface area (Å²) < 4.78 is 38.4. The molecule has 0 bridgehead atoms. The molecule has 1 fully saturated rings. The number of carboxylic acids is 1. The Morgan fingerprint density at radius 2 is 2.21 bits per heavy atom. The first-order valence-electron chi connectivity index (χ1n) is 10.1. The lowest BCUT2D eigenvalue weighted by Crippen LogP contribution is -2.52. The van der Waals surface area contributed by atoms with Crippen molar-refractivity contribution in [3.8, 4) is 0 Å². The molecule has 0 unspecified atom stereocenters. The van der Waals surface area contributed by atoms with E-state index < -0.39 is 40.7 Å². The molecule has 2 atom stereocenters. The highest BCUT2D eigenvalue weighted by Crippen LogP contribution is 2.38. The Hall–Kier alpha value is -2.93. The van der Waals surface area contributed by atoms with Crippen LogP contribution in [0.4, 0.5) is 8.78 Å². The van der Waals surface area contributed by atoms with Crippen molar-refractivity contribution in [2.75, 3.05) is 33.4 Å². The fourth-order valence-corrected chi connectivity index (χ4v) is 4.60. The largest absolute Gasteiger partial charge is 0.480 e. The first kappa shape index (κ1) is 24.2. The lowest BCUT2D eigenvalue weighted by atomic mass is 9.94. The van der Waals surface area contributed by atoms with Crippen LogP contribution in [0.15, 0.2) is 40.0 Å². The summed E-state index contributed by atoms with van der Waals surface area (Å²) in [5, 5.41) is 14.3. The van der Waals surface area contributed by atoms with E-state index in [1.165, 1.54) is 24.5 Å². The van der Waals surface area contributed by atoms with Gasteiger partial charge in [-0.1, -0.05) is 17.7 Å². The van der Waals surface area contributed by atoms with Crippen molar-refractivity contribution in [2.45, 2.75) is 12.1 Å². The minimum atomic E-state index is -1.27. The van der Waals surface area contributed by atoms with Gasteiger partial charge in [-0.2, -0.15) is 0 Å². The predicted octanol–water partition coefficient (Wildman–Crippen LogP) is 2.38. The molecular weight excluding hydrogens is 494 g/mol. The molecule has 1 aromatic heterocycles. The van der Waals surface area contributed by atoms with Crippen molar-refractivity contribution >= 4 is 40.7 Å². The standard InChI is InChI=1S/C21H19ClF2N4O5S/c1-32-21(31)14-12(8-28-5-6-33-9-13(28)20(29)30)26-18(19-25-4-7-34-19)27-17(14)10-2-3-11(23)16(24)15(10)22/h2-4,7,13,17H,5-6,8-9H2,1H3,(H,26,27)(H,29,30)/t13-,17-/m0/s1. The zero-order valence-corrected chi connectivity index (χ0v) is 19.3. The zero-order valence-electron chi connectivity index (χ0n) is 17.8. The van der Waals surface area contributed by atoms with Crippen LogP contribution in [0.5, 0.6) is 0 Å². The summed E-state index contributed by atoms with van der Waals surface area (Å²) in [6, 6.07) is 0.0346. The van der Waals surface area contributed by atoms with Gasteiger partial charge < -0.3 is 19.9 Å². The van der Waals surface area contributed by atoms with E-state index in [4.69, 9.17) is 21.1 Å². The van der Waals surface area contributed by atoms with Crippen molar-refractivity contribution < 1.29 is 33.0 Å². The molecule has 2 aliphatic rings. The summed E-state index contributed by atoms with van der Waals surface area (Å²) in [5.74, 6) is -4.01. The first-order valence-corrected chi connectivity index (χ1v) is 11.3. The molecule has 3 heterocycles. The number of aliphatic carboxylic acids is 1. The number of morpholine rings is 1. The van der Waals surface area contributed by atoms with E-state index in [1.54, 1.807) is 16.5 Å². The minimum Gasteiger partial charge on any atom is -0.480 e. The molecule has 0 radical (unpaired) electrons. The fourth-order valence-electron chi connectivity index (χ4n) is 3.75. The Morgan fingerprint density at radius 3 is 2.88 bits per heavy atom. The molecule has 0 amide bonds. The van der Waals surface area contributed by atoms with Crippen molar-refractivity contribution in [3.63, 3.8) is 0 Å². The Balaban J connectivity index is 1.85. The third-order valence-corrected chi connectivity index (χ3v) is 6.58. The van der Waals surface area contributed by atoms with E-state index in [1.807, 2.05) is 0 Å². The van der Waals surface area contributed by atoms with Gasteiger partial charge in [0.25, 0.3) is 0 Å². The summed E-state index contributed by atoms with van der Waals surface area (Å²) in [5.41, 5.74) is 0.322. The molecule has 180 valence electrons. The second-order valence-electron chi connectivity index (χ2n) is 7.39. The lowest BCUT2D eigenvalue weighted by molar-refractivity contribution is -0.149. The maximum absolute atomic E-state index is 14.3. The smallest absolute Gasteiger partial charge is 0.338 e. The Kier molecular flexibility index (Phi) is 7.22. The van der Waals surface area contributed by atoms with Gasteiger partial charge in [-0.05, 0) is 6.07 Å². The number of aromatic nitrogens is 1. The van der Waals surface area contributed by atoms with Crippen LogP contribution in [0.3, 0.4) is 0 Å². The average Bonchev–Trinajstić information content (AvgIpc) is 3.37. The van der Waals surface area contributed by atoms with Crippen LogP contribution >= 0.6 is 22.9 Å². The van der Waals surface area contributed by atoms with Crippen molar-refractivity contribution in [2.24, 2.45) is 4.99 Å².